The molecule has 1 fully saturated rings. The highest BCUT2D eigenvalue weighted by molar-refractivity contribution is 5.52. The quantitative estimate of drug-likeness (QED) is 0.847. The summed E-state index contributed by atoms with van der Waals surface area (Å²) in [5.74, 6) is 1.65. The Kier molecular flexibility index (Phi) is 3.91. The zero-order chi connectivity index (χ0) is 13.1. The van der Waals surface area contributed by atoms with Crippen molar-refractivity contribution in [2.75, 3.05) is 5.32 Å². The lowest BCUT2D eigenvalue weighted by molar-refractivity contribution is 0.261. The van der Waals surface area contributed by atoms with E-state index in [-0.39, 0.29) is 0 Å². The summed E-state index contributed by atoms with van der Waals surface area (Å²) in [5.41, 5.74) is 2.98. The van der Waals surface area contributed by atoms with E-state index in [9.17, 15) is 0 Å². The smallest absolute Gasteiger partial charge is 0.0994 e. The van der Waals surface area contributed by atoms with Crippen LogP contribution in [0.5, 0.6) is 0 Å². The molecule has 1 aromatic rings. The normalized spacial score (nSPS) is 27.6. The van der Waals surface area contributed by atoms with Gasteiger partial charge in [-0.25, -0.2) is 0 Å². The summed E-state index contributed by atoms with van der Waals surface area (Å²) in [5, 5.41) is 12.5. The Bertz CT molecular complexity index is 459. The van der Waals surface area contributed by atoms with Crippen LogP contribution in [0.2, 0.25) is 0 Å². The van der Waals surface area contributed by atoms with Crippen LogP contribution in [-0.4, -0.2) is 6.04 Å². The third-order valence-corrected chi connectivity index (χ3v) is 4.32. The van der Waals surface area contributed by atoms with Gasteiger partial charge in [0.1, 0.15) is 0 Å². The Morgan fingerprint density at radius 2 is 2.00 bits per heavy atom. The van der Waals surface area contributed by atoms with Crippen LogP contribution in [0, 0.1) is 30.1 Å². The van der Waals surface area contributed by atoms with Crippen molar-refractivity contribution < 1.29 is 0 Å². The number of nitrogens with one attached hydrogen (secondary N) is 1. The first-order valence-electron chi connectivity index (χ1n) is 6.87. The molecule has 2 heteroatoms. The monoisotopic (exact) mass is 242 g/mol. The van der Waals surface area contributed by atoms with Gasteiger partial charge in [-0.1, -0.05) is 13.8 Å². The van der Waals surface area contributed by atoms with Crippen LogP contribution in [0.25, 0.3) is 0 Å². The zero-order valence-corrected chi connectivity index (χ0v) is 11.5. The fraction of sp³-hybridized carbons (Fsp3) is 0.562. The van der Waals surface area contributed by atoms with Gasteiger partial charge in [-0.05, 0) is 61.8 Å². The average Bonchev–Trinajstić information content (AvgIpc) is 2.34. The first-order valence-corrected chi connectivity index (χ1v) is 6.87. The Morgan fingerprint density at radius 3 is 2.61 bits per heavy atom. The van der Waals surface area contributed by atoms with Crippen molar-refractivity contribution in [1.29, 1.82) is 5.26 Å². The molecular formula is C16H22N2. The second-order valence-electron chi connectivity index (χ2n) is 5.75. The number of aryl methyl sites for hydroxylation is 1. The molecule has 1 saturated carbocycles. The van der Waals surface area contributed by atoms with Gasteiger partial charge in [-0.2, -0.15) is 5.26 Å². The van der Waals surface area contributed by atoms with Crippen molar-refractivity contribution in [3.8, 4) is 6.07 Å². The highest BCUT2D eigenvalue weighted by atomic mass is 14.9. The van der Waals surface area contributed by atoms with Crippen molar-refractivity contribution in [3.63, 3.8) is 0 Å². The molecule has 1 aromatic carbocycles. The van der Waals surface area contributed by atoms with Crippen LogP contribution in [0.1, 0.15) is 44.2 Å². The summed E-state index contributed by atoms with van der Waals surface area (Å²) < 4.78 is 0. The topological polar surface area (TPSA) is 35.8 Å². The maximum Gasteiger partial charge on any atom is 0.0994 e. The third kappa shape index (κ3) is 2.85. The van der Waals surface area contributed by atoms with Crippen LogP contribution in [0.3, 0.4) is 0 Å². The van der Waals surface area contributed by atoms with Gasteiger partial charge in [0.2, 0.25) is 0 Å². The number of hydrogen-bond acceptors (Lipinski definition) is 2. The van der Waals surface area contributed by atoms with Gasteiger partial charge in [-0.15, -0.1) is 0 Å². The van der Waals surface area contributed by atoms with Gasteiger partial charge >= 0.3 is 0 Å². The maximum absolute atomic E-state index is 8.92. The minimum atomic E-state index is 0.587. The molecule has 1 N–H and O–H groups in total. The molecule has 0 spiro atoms. The molecule has 3 atom stereocenters. The Hall–Kier alpha value is -1.49. The first-order chi connectivity index (χ1) is 8.60. The van der Waals surface area contributed by atoms with Gasteiger partial charge in [0, 0.05) is 11.7 Å². The van der Waals surface area contributed by atoms with Crippen molar-refractivity contribution in [3.05, 3.63) is 29.3 Å². The summed E-state index contributed by atoms with van der Waals surface area (Å²) in [6.07, 6.45) is 3.82. The van der Waals surface area contributed by atoms with E-state index in [0.29, 0.717) is 6.04 Å². The number of nitriles is 1. The van der Waals surface area contributed by atoms with E-state index in [4.69, 9.17) is 5.26 Å². The molecule has 1 aliphatic rings. The third-order valence-electron chi connectivity index (χ3n) is 4.32. The zero-order valence-electron chi connectivity index (χ0n) is 11.5. The van der Waals surface area contributed by atoms with Gasteiger partial charge in [0.15, 0.2) is 0 Å². The first kappa shape index (κ1) is 13.0. The van der Waals surface area contributed by atoms with Gasteiger partial charge in [0.05, 0.1) is 11.6 Å². The summed E-state index contributed by atoms with van der Waals surface area (Å²) in [6, 6.07) is 8.81. The predicted octanol–water partition coefficient (Wildman–Crippen LogP) is 4.10. The van der Waals surface area contributed by atoms with Gasteiger partial charge in [0.25, 0.3) is 0 Å². The molecule has 1 aliphatic carbocycles. The molecule has 3 unspecified atom stereocenters. The molecule has 0 heterocycles. The Morgan fingerprint density at radius 1 is 1.22 bits per heavy atom. The fourth-order valence-corrected chi connectivity index (χ4v) is 2.79. The van der Waals surface area contributed by atoms with E-state index in [1.54, 1.807) is 0 Å². The number of hydrogen-bond donors (Lipinski definition) is 1. The average molecular weight is 242 g/mol. The Balaban J connectivity index is 2.02. The van der Waals surface area contributed by atoms with Crippen molar-refractivity contribution in [2.24, 2.45) is 11.8 Å². The lowest BCUT2D eigenvalue weighted by atomic mass is 9.79. The van der Waals surface area contributed by atoms with Crippen LogP contribution in [0.15, 0.2) is 18.2 Å². The summed E-state index contributed by atoms with van der Waals surface area (Å²) in [4.78, 5) is 0. The van der Waals surface area contributed by atoms with Crippen molar-refractivity contribution >= 4 is 5.69 Å². The van der Waals surface area contributed by atoms with Gasteiger partial charge in [-0.3, -0.25) is 0 Å². The number of rotatable bonds is 2. The van der Waals surface area contributed by atoms with Crippen LogP contribution in [-0.2, 0) is 0 Å². The molecule has 0 aromatic heterocycles. The van der Waals surface area contributed by atoms with E-state index in [1.165, 1.54) is 19.3 Å². The standard InChI is InChI=1S/C16H22N2/c1-11-4-6-15(8-12(11)2)18-16-7-5-14(10-17)13(3)9-16/h5,7,9,11-12,15,18H,4,6,8H2,1-3H3. The van der Waals surface area contributed by atoms with E-state index in [1.807, 2.05) is 19.1 Å². The second kappa shape index (κ2) is 5.44. The minimum absolute atomic E-state index is 0.587. The molecule has 0 saturated heterocycles. The lowest BCUT2D eigenvalue weighted by Gasteiger charge is -2.33. The van der Waals surface area contributed by atoms with E-state index in [2.05, 4.69) is 31.3 Å². The highest BCUT2D eigenvalue weighted by Crippen LogP contribution is 2.31. The van der Waals surface area contributed by atoms with Crippen molar-refractivity contribution in [1.82, 2.24) is 0 Å². The second-order valence-corrected chi connectivity index (χ2v) is 5.75. The maximum atomic E-state index is 8.92. The molecule has 0 radical (unpaired) electrons. The number of nitrogens with zero attached hydrogens (tertiary/aromatic N) is 1. The predicted molar refractivity (Wildman–Crippen MR) is 75.5 cm³/mol. The SMILES string of the molecule is Cc1cc(NC2CCC(C)C(C)C2)ccc1C#N. The molecule has 0 bridgehead atoms. The van der Waals surface area contributed by atoms with E-state index < -0.39 is 0 Å². The summed E-state index contributed by atoms with van der Waals surface area (Å²) in [7, 11) is 0. The summed E-state index contributed by atoms with van der Waals surface area (Å²) in [6.45, 7) is 6.70. The molecular weight excluding hydrogens is 220 g/mol. The summed E-state index contributed by atoms with van der Waals surface area (Å²) >= 11 is 0. The molecule has 2 nitrogen and oxygen atoms in total. The molecule has 18 heavy (non-hydrogen) atoms. The number of benzene rings is 1. The van der Waals surface area contributed by atoms with Crippen LogP contribution >= 0.6 is 0 Å². The number of anilines is 1. The van der Waals surface area contributed by atoms with Gasteiger partial charge < -0.3 is 5.32 Å². The van der Waals surface area contributed by atoms with Crippen molar-refractivity contribution in [2.45, 2.75) is 46.1 Å². The van der Waals surface area contributed by atoms with E-state index in [0.717, 1.165) is 28.7 Å². The molecule has 0 aliphatic heterocycles. The molecule has 96 valence electrons. The lowest BCUT2D eigenvalue weighted by Crippen LogP contribution is -2.30. The van der Waals surface area contributed by atoms with Crippen LogP contribution < -0.4 is 5.32 Å². The molecule has 2 rings (SSSR count). The molecule has 0 amide bonds. The largest absolute Gasteiger partial charge is 0.382 e. The fourth-order valence-electron chi connectivity index (χ4n) is 2.79. The minimum Gasteiger partial charge on any atom is -0.382 e. The van der Waals surface area contributed by atoms with Crippen LogP contribution in [0.4, 0.5) is 5.69 Å². The van der Waals surface area contributed by atoms with E-state index >= 15 is 0 Å². The highest BCUT2D eigenvalue weighted by Gasteiger charge is 2.24. The Labute approximate surface area is 110 Å².